The van der Waals surface area contributed by atoms with Gasteiger partial charge in [0.2, 0.25) is 0 Å². The lowest BCUT2D eigenvalue weighted by atomic mass is 10.1. The van der Waals surface area contributed by atoms with Crippen molar-refractivity contribution in [2.45, 2.75) is 6.92 Å². The molecule has 2 heterocycles. The largest absolute Gasteiger partial charge is 0.494 e. The fourth-order valence-corrected chi connectivity index (χ4v) is 4.25. The van der Waals surface area contributed by atoms with Crippen molar-refractivity contribution in [3.63, 3.8) is 0 Å². The van der Waals surface area contributed by atoms with E-state index in [0.717, 1.165) is 29.9 Å². The third-order valence-electron chi connectivity index (χ3n) is 3.92. The summed E-state index contributed by atoms with van der Waals surface area (Å²) in [6, 6.07) is 5.03. The molecule has 1 aliphatic heterocycles. The lowest BCUT2D eigenvalue weighted by molar-refractivity contribution is 0.387. The van der Waals surface area contributed by atoms with Crippen molar-refractivity contribution in [3.8, 4) is 5.75 Å². The van der Waals surface area contributed by atoms with Crippen LogP contribution in [-0.2, 0) is 10.8 Å². The van der Waals surface area contributed by atoms with Crippen LogP contribution in [0, 0.1) is 11.7 Å². The maximum atomic E-state index is 13.9. The van der Waals surface area contributed by atoms with E-state index in [4.69, 9.17) is 4.74 Å². The van der Waals surface area contributed by atoms with Gasteiger partial charge >= 0.3 is 0 Å². The first kappa shape index (κ1) is 15.2. The summed E-state index contributed by atoms with van der Waals surface area (Å²) in [7, 11) is 0.688. The standard InChI is InChI=1S/C16H19FN2O2S/c1-11-9-19(5-6-22(20)10-11)15-3-4-18-14-8-13(17)16(21-2)7-12(14)15/h3-4,7-8,11H,5-6,9-10H2,1-2H3/t11-,22-/m1/s1. The number of nitrogens with zero attached hydrogens (tertiary/aromatic N) is 2. The summed E-state index contributed by atoms with van der Waals surface area (Å²) in [5, 5.41) is 0.862. The Hall–Kier alpha value is -1.69. The molecule has 2 aromatic rings. The van der Waals surface area contributed by atoms with E-state index in [1.165, 1.54) is 13.2 Å². The van der Waals surface area contributed by atoms with E-state index in [-0.39, 0.29) is 5.75 Å². The number of hydrogen-bond donors (Lipinski definition) is 0. The highest BCUT2D eigenvalue weighted by atomic mass is 32.2. The molecule has 1 fully saturated rings. The molecule has 0 radical (unpaired) electrons. The highest BCUT2D eigenvalue weighted by molar-refractivity contribution is 7.85. The van der Waals surface area contributed by atoms with E-state index in [1.54, 1.807) is 12.3 Å². The molecule has 4 nitrogen and oxygen atoms in total. The van der Waals surface area contributed by atoms with Gasteiger partial charge in [0, 0.05) is 58.7 Å². The van der Waals surface area contributed by atoms with Crippen LogP contribution in [0.2, 0.25) is 0 Å². The SMILES string of the molecule is COc1cc2c(N3CC[S@@](=O)C[C@H](C)C3)ccnc2cc1F. The van der Waals surface area contributed by atoms with Crippen LogP contribution in [0.3, 0.4) is 0 Å². The number of fused-ring (bicyclic) bond motifs is 1. The summed E-state index contributed by atoms with van der Waals surface area (Å²) >= 11 is 0. The summed E-state index contributed by atoms with van der Waals surface area (Å²) in [5.41, 5.74) is 1.60. The van der Waals surface area contributed by atoms with Gasteiger partial charge in [-0.25, -0.2) is 4.39 Å². The number of hydrogen-bond acceptors (Lipinski definition) is 4. The minimum Gasteiger partial charge on any atom is -0.494 e. The molecule has 118 valence electrons. The molecular formula is C16H19FN2O2S. The predicted molar refractivity (Wildman–Crippen MR) is 87.5 cm³/mol. The number of methoxy groups -OCH3 is 1. The Morgan fingerprint density at radius 3 is 3.05 bits per heavy atom. The number of pyridine rings is 1. The third-order valence-corrected chi connectivity index (χ3v) is 5.50. The normalized spacial score (nSPS) is 22.6. The van der Waals surface area contributed by atoms with Gasteiger partial charge in [0.05, 0.1) is 12.6 Å². The van der Waals surface area contributed by atoms with Crippen LogP contribution >= 0.6 is 0 Å². The molecule has 3 rings (SSSR count). The van der Waals surface area contributed by atoms with Crippen molar-refractivity contribution in [2.75, 3.05) is 36.6 Å². The Kier molecular flexibility index (Phi) is 4.29. The van der Waals surface area contributed by atoms with Gasteiger partial charge in [-0.05, 0) is 18.1 Å². The van der Waals surface area contributed by atoms with E-state index in [2.05, 4.69) is 16.8 Å². The van der Waals surface area contributed by atoms with Crippen molar-refractivity contribution in [1.82, 2.24) is 4.98 Å². The van der Waals surface area contributed by atoms with Crippen molar-refractivity contribution >= 4 is 27.4 Å². The maximum absolute atomic E-state index is 13.9. The van der Waals surface area contributed by atoms with Gasteiger partial charge in [-0.2, -0.15) is 0 Å². The van der Waals surface area contributed by atoms with E-state index in [1.807, 2.05) is 6.07 Å². The van der Waals surface area contributed by atoms with Gasteiger partial charge < -0.3 is 9.64 Å². The molecule has 0 saturated carbocycles. The molecule has 1 aromatic heterocycles. The highest BCUT2D eigenvalue weighted by Gasteiger charge is 2.21. The smallest absolute Gasteiger partial charge is 0.167 e. The van der Waals surface area contributed by atoms with Gasteiger partial charge in [0.25, 0.3) is 0 Å². The van der Waals surface area contributed by atoms with Crippen LogP contribution in [0.1, 0.15) is 6.92 Å². The fourth-order valence-electron chi connectivity index (χ4n) is 2.92. The molecule has 0 amide bonds. The monoisotopic (exact) mass is 322 g/mol. The molecule has 1 saturated heterocycles. The second kappa shape index (κ2) is 6.20. The molecule has 0 N–H and O–H groups in total. The molecule has 0 unspecified atom stereocenters. The lowest BCUT2D eigenvalue weighted by Gasteiger charge is -2.25. The average Bonchev–Trinajstić information content (AvgIpc) is 2.66. The minimum atomic E-state index is -0.767. The topological polar surface area (TPSA) is 42.4 Å². The second-order valence-corrected chi connectivity index (χ2v) is 7.32. The average molecular weight is 322 g/mol. The number of anilines is 1. The quantitative estimate of drug-likeness (QED) is 0.852. The molecule has 22 heavy (non-hydrogen) atoms. The zero-order valence-corrected chi connectivity index (χ0v) is 13.5. The fraction of sp³-hybridized carbons (Fsp3) is 0.438. The summed E-state index contributed by atoms with van der Waals surface area (Å²) in [5.74, 6) is 1.55. The van der Waals surface area contributed by atoms with Gasteiger partial charge in [0.15, 0.2) is 11.6 Å². The van der Waals surface area contributed by atoms with Gasteiger partial charge in [-0.1, -0.05) is 6.92 Å². The Labute approximate surface area is 131 Å². The van der Waals surface area contributed by atoms with Crippen LogP contribution in [-0.4, -0.2) is 40.9 Å². The summed E-state index contributed by atoms with van der Waals surface area (Å²) in [4.78, 5) is 6.47. The zero-order valence-electron chi connectivity index (χ0n) is 12.7. The molecular weight excluding hydrogens is 303 g/mol. The molecule has 2 atom stereocenters. The number of benzene rings is 1. The van der Waals surface area contributed by atoms with E-state index in [9.17, 15) is 8.60 Å². The Morgan fingerprint density at radius 2 is 2.27 bits per heavy atom. The van der Waals surface area contributed by atoms with Crippen LogP contribution in [0.15, 0.2) is 24.4 Å². The number of halogens is 1. The van der Waals surface area contributed by atoms with E-state index < -0.39 is 16.6 Å². The van der Waals surface area contributed by atoms with Crippen LogP contribution < -0.4 is 9.64 Å². The Bertz CT molecular complexity index is 723. The first-order chi connectivity index (χ1) is 10.6. The molecule has 1 aromatic carbocycles. The predicted octanol–water partition coefficient (Wildman–Crippen LogP) is 2.59. The van der Waals surface area contributed by atoms with Crippen molar-refractivity contribution in [3.05, 3.63) is 30.2 Å². The first-order valence-corrected chi connectivity index (χ1v) is 8.79. The highest BCUT2D eigenvalue weighted by Crippen LogP contribution is 2.31. The number of ether oxygens (including phenoxy) is 1. The summed E-state index contributed by atoms with van der Waals surface area (Å²) in [6.07, 6.45) is 1.69. The van der Waals surface area contributed by atoms with Crippen molar-refractivity contribution in [1.29, 1.82) is 0 Å². The van der Waals surface area contributed by atoms with E-state index in [0.29, 0.717) is 17.2 Å². The van der Waals surface area contributed by atoms with Crippen LogP contribution in [0.25, 0.3) is 10.9 Å². The number of aromatic nitrogens is 1. The van der Waals surface area contributed by atoms with Crippen LogP contribution in [0.5, 0.6) is 5.75 Å². The van der Waals surface area contributed by atoms with Crippen molar-refractivity contribution in [2.24, 2.45) is 5.92 Å². The molecule has 0 bridgehead atoms. The van der Waals surface area contributed by atoms with Gasteiger partial charge in [0.1, 0.15) is 0 Å². The maximum Gasteiger partial charge on any atom is 0.167 e. The Balaban J connectivity index is 2.07. The number of rotatable bonds is 2. The van der Waals surface area contributed by atoms with Crippen molar-refractivity contribution < 1.29 is 13.3 Å². The van der Waals surface area contributed by atoms with Gasteiger partial charge in [-0.3, -0.25) is 9.19 Å². The first-order valence-electron chi connectivity index (χ1n) is 7.30. The molecule has 0 aliphatic carbocycles. The van der Waals surface area contributed by atoms with Gasteiger partial charge in [-0.15, -0.1) is 0 Å². The minimum absolute atomic E-state index is 0.216. The molecule has 1 aliphatic rings. The molecule has 6 heteroatoms. The summed E-state index contributed by atoms with van der Waals surface area (Å²) in [6.45, 7) is 3.68. The third kappa shape index (κ3) is 2.92. The summed E-state index contributed by atoms with van der Waals surface area (Å²) < 4.78 is 30.8. The second-order valence-electron chi connectivity index (χ2n) is 5.70. The van der Waals surface area contributed by atoms with E-state index >= 15 is 0 Å². The molecule has 0 spiro atoms. The zero-order chi connectivity index (χ0) is 15.7. The Morgan fingerprint density at radius 1 is 1.45 bits per heavy atom. The lowest BCUT2D eigenvalue weighted by Crippen LogP contribution is -2.29. The van der Waals surface area contributed by atoms with Crippen LogP contribution in [0.4, 0.5) is 10.1 Å².